The third-order valence-corrected chi connectivity index (χ3v) is 5.39. The van der Waals surface area contributed by atoms with Gasteiger partial charge < -0.3 is 25.2 Å². The fourth-order valence-electron chi connectivity index (χ4n) is 3.62. The number of carbonyl (C=O) groups excluding carboxylic acids is 1. The molecule has 0 bridgehead atoms. The van der Waals surface area contributed by atoms with Crippen LogP contribution in [0.15, 0.2) is 29.3 Å². The Morgan fingerprint density at radius 3 is 2.90 bits per heavy atom. The number of piperidine rings is 1. The van der Waals surface area contributed by atoms with Gasteiger partial charge in [0, 0.05) is 58.0 Å². The molecule has 1 amide bonds. The number of anilines is 1. The number of carbonyl (C=O) groups is 1. The van der Waals surface area contributed by atoms with Gasteiger partial charge in [-0.05, 0) is 37.5 Å². The van der Waals surface area contributed by atoms with Crippen LogP contribution >= 0.6 is 24.0 Å². The molecule has 1 aromatic rings. The molecule has 0 radical (unpaired) electrons. The average Bonchev–Trinajstić information content (AvgIpc) is 3.23. The number of hydrogen-bond donors (Lipinski definition) is 2. The summed E-state index contributed by atoms with van der Waals surface area (Å²) in [5.41, 5.74) is 0.897. The monoisotopic (exact) mass is 533 g/mol. The van der Waals surface area contributed by atoms with E-state index in [1.165, 1.54) is 11.0 Å². The summed E-state index contributed by atoms with van der Waals surface area (Å²) in [5.74, 6) is 0.850. The Balaban J connectivity index is 0.00000320. The molecule has 0 aliphatic carbocycles. The largest absolute Gasteiger partial charge is 0.381 e. The average molecular weight is 533 g/mol. The predicted octanol–water partition coefficient (Wildman–Crippen LogP) is 2.07. The maximum atomic E-state index is 13.6. The molecule has 1 aromatic carbocycles. The molecule has 2 atom stereocenters. The molecule has 0 saturated carbocycles. The van der Waals surface area contributed by atoms with Crippen LogP contribution in [0.1, 0.15) is 19.3 Å². The van der Waals surface area contributed by atoms with Gasteiger partial charge in [-0.3, -0.25) is 4.79 Å². The van der Waals surface area contributed by atoms with Crippen molar-refractivity contribution in [1.82, 2.24) is 15.5 Å². The Hall–Kier alpha value is -1.62. The fourth-order valence-corrected chi connectivity index (χ4v) is 3.62. The van der Waals surface area contributed by atoms with Crippen molar-refractivity contribution in [2.24, 2.45) is 10.9 Å². The van der Waals surface area contributed by atoms with E-state index in [4.69, 9.17) is 4.74 Å². The number of aliphatic imine (C=N–C) groups is 1. The molecule has 3 rings (SSSR count). The summed E-state index contributed by atoms with van der Waals surface area (Å²) >= 11 is 0. The minimum absolute atomic E-state index is 0. The Bertz CT molecular complexity index is 712. The van der Waals surface area contributed by atoms with Crippen LogP contribution in [0.25, 0.3) is 0 Å². The van der Waals surface area contributed by atoms with Gasteiger partial charge in [0.25, 0.3) is 0 Å². The highest BCUT2D eigenvalue weighted by Gasteiger charge is 2.22. The molecule has 2 aliphatic rings. The van der Waals surface area contributed by atoms with Gasteiger partial charge in [0.15, 0.2) is 5.96 Å². The van der Waals surface area contributed by atoms with E-state index in [1.54, 1.807) is 26.2 Å². The van der Waals surface area contributed by atoms with Crippen LogP contribution in [0.3, 0.4) is 0 Å². The van der Waals surface area contributed by atoms with Gasteiger partial charge in [-0.1, -0.05) is 6.07 Å². The van der Waals surface area contributed by atoms with Crippen LogP contribution in [0.5, 0.6) is 0 Å². The van der Waals surface area contributed by atoms with E-state index in [0.29, 0.717) is 11.9 Å². The first kappa shape index (κ1) is 24.6. The zero-order chi connectivity index (χ0) is 20.6. The predicted molar refractivity (Wildman–Crippen MR) is 128 cm³/mol. The number of guanidine groups is 1. The highest BCUT2D eigenvalue weighted by Crippen LogP contribution is 2.20. The van der Waals surface area contributed by atoms with Gasteiger partial charge in [0.2, 0.25) is 5.91 Å². The third-order valence-electron chi connectivity index (χ3n) is 5.39. The Morgan fingerprint density at radius 2 is 2.20 bits per heavy atom. The number of halogens is 2. The number of ether oxygens (including phenoxy) is 1. The van der Waals surface area contributed by atoms with Crippen molar-refractivity contribution < 1.29 is 13.9 Å². The number of benzene rings is 1. The van der Waals surface area contributed by atoms with Crippen molar-refractivity contribution in [1.29, 1.82) is 0 Å². The summed E-state index contributed by atoms with van der Waals surface area (Å²) in [7, 11) is 3.46. The molecule has 168 valence electrons. The Labute approximate surface area is 195 Å². The SMILES string of the molecule is CN(C)C(=O)CN=C(NCC1CCOC1)NC1CCCN(c2cccc(F)c2)C1.I. The molecule has 2 saturated heterocycles. The van der Waals surface area contributed by atoms with Gasteiger partial charge in [-0.2, -0.15) is 0 Å². The van der Waals surface area contributed by atoms with Gasteiger partial charge in [-0.25, -0.2) is 9.38 Å². The number of hydrogen-bond acceptors (Lipinski definition) is 4. The van der Waals surface area contributed by atoms with Crippen LogP contribution in [-0.2, 0) is 9.53 Å². The van der Waals surface area contributed by atoms with Crippen LogP contribution in [0.4, 0.5) is 10.1 Å². The second-order valence-corrected chi connectivity index (χ2v) is 7.97. The van der Waals surface area contributed by atoms with Crippen molar-refractivity contribution in [3.63, 3.8) is 0 Å². The quantitative estimate of drug-likeness (QED) is 0.333. The molecular weight excluding hydrogens is 500 g/mol. The van der Waals surface area contributed by atoms with Gasteiger partial charge in [0.1, 0.15) is 12.4 Å². The van der Waals surface area contributed by atoms with Crippen LogP contribution < -0.4 is 15.5 Å². The summed E-state index contributed by atoms with van der Waals surface area (Å²) in [6, 6.07) is 6.89. The maximum Gasteiger partial charge on any atom is 0.243 e. The van der Waals surface area contributed by atoms with Crippen LogP contribution in [0, 0.1) is 11.7 Å². The normalized spacial score (nSPS) is 21.7. The highest BCUT2D eigenvalue weighted by atomic mass is 127. The van der Waals surface area contributed by atoms with Gasteiger partial charge in [-0.15, -0.1) is 24.0 Å². The lowest BCUT2D eigenvalue weighted by atomic mass is 10.0. The summed E-state index contributed by atoms with van der Waals surface area (Å²) in [6.07, 6.45) is 3.04. The van der Waals surface area contributed by atoms with Gasteiger partial charge >= 0.3 is 0 Å². The Morgan fingerprint density at radius 1 is 1.37 bits per heavy atom. The zero-order valence-electron chi connectivity index (χ0n) is 17.8. The number of amides is 1. The van der Waals surface area contributed by atoms with E-state index in [9.17, 15) is 9.18 Å². The third kappa shape index (κ3) is 7.57. The standard InChI is InChI=1S/C21H32FN5O2.HI/c1-26(2)20(28)13-24-21(23-12-16-8-10-29-15-16)25-18-6-4-9-27(14-18)19-7-3-5-17(22)11-19;/h3,5,7,11,16,18H,4,6,8-10,12-15H2,1-2H3,(H2,23,24,25);1H. The van der Waals surface area contributed by atoms with Crippen molar-refractivity contribution in [2.45, 2.75) is 25.3 Å². The van der Waals surface area contributed by atoms with E-state index < -0.39 is 0 Å². The molecule has 0 aromatic heterocycles. The van der Waals surface area contributed by atoms with Crippen molar-refractivity contribution >= 4 is 41.5 Å². The Kier molecular flexibility index (Phi) is 10.1. The molecule has 2 fully saturated rings. The van der Waals surface area contributed by atoms with E-state index in [-0.39, 0.29) is 48.3 Å². The van der Waals surface area contributed by atoms with E-state index in [0.717, 1.165) is 57.8 Å². The maximum absolute atomic E-state index is 13.6. The highest BCUT2D eigenvalue weighted by molar-refractivity contribution is 14.0. The smallest absolute Gasteiger partial charge is 0.243 e. The van der Waals surface area contributed by atoms with E-state index >= 15 is 0 Å². The van der Waals surface area contributed by atoms with E-state index in [2.05, 4.69) is 20.5 Å². The first-order chi connectivity index (χ1) is 14.0. The van der Waals surface area contributed by atoms with Crippen LogP contribution in [0.2, 0.25) is 0 Å². The number of nitrogens with zero attached hydrogens (tertiary/aromatic N) is 3. The molecule has 2 heterocycles. The van der Waals surface area contributed by atoms with Crippen LogP contribution in [-0.4, -0.2) is 76.3 Å². The summed E-state index contributed by atoms with van der Waals surface area (Å²) in [4.78, 5) is 20.2. The molecule has 2 N–H and O–H groups in total. The molecule has 7 nitrogen and oxygen atoms in total. The van der Waals surface area contributed by atoms with Crippen molar-refractivity contribution in [3.8, 4) is 0 Å². The van der Waals surface area contributed by atoms with Crippen molar-refractivity contribution in [2.75, 3.05) is 58.4 Å². The fraction of sp³-hybridized carbons (Fsp3) is 0.619. The number of nitrogens with one attached hydrogen (secondary N) is 2. The lowest BCUT2D eigenvalue weighted by molar-refractivity contribution is -0.127. The van der Waals surface area contributed by atoms with E-state index in [1.807, 2.05) is 6.07 Å². The minimum atomic E-state index is -0.220. The number of rotatable bonds is 6. The molecule has 0 spiro atoms. The number of likely N-dealkylation sites (N-methyl/N-ethyl adjacent to an activating group) is 1. The zero-order valence-corrected chi connectivity index (χ0v) is 20.1. The first-order valence-corrected chi connectivity index (χ1v) is 10.3. The van der Waals surface area contributed by atoms with Crippen molar-refractivity contribution in [3.05, 3.63) is 30.1 Å². The first-order valence-electron chi connectivity index (χ1n) is 10.3. The molecule has 2 unspecified atom stereocenters. The second kappa shape index (κ2) is 12.3. The summed E-state index contributed by atoms with van der Waals surface area (Å²) < 4.78 is 19.0. The summed E-state index contributed by atoms with van der Waals surface area (Å²) in [5, 5.41) is 6.86. The lowest BCUT2D eigenvalue weighted by Gasteiger charge is -2.35. The minimum Gasteiger partial charge on any atom is -0.381 e. The molecule has 9 heteroatoms. The van der Waals surface area contributed by atoms with Gasteiger partial charge in [0.05, 0.1) is 6.61 Å². The molecule has 30 heavy (non-hydrogen) atoms. The molecule has 2 aliphatic heterocycles. The summed E-state index contributed by atoms with van der Waals surface area (Å²) in [6.45, 7) is 4.09. The second-order valence-electron chi connectivity index (χ2n) is 7.97. The lowest BCUT2D eigenvalue weighted by Crippen LogP contribution is -2.52. The molecular formula is C21H33FIN5O2. The topological polar surface area (TPSA) is 69.2 Å².